The van der Waals surface area contributed by atoms with Gasteiger partial charge in [0.1, 0.15) is 13.2 Å². The summed E-state index contributed by atoms with van der Waals surface area (Å²) in [6.07, 6.45) is 2.78. The highest BCUT2D eigenvalue weighted by Gasteiger charge is 2.05. The van der Waals surface area contributed by atoms with Crippen molar-refractivity contribution in [2.24, 2.45) is 0 Å². The van der Waals surface area contributed by atoms with Crippen LogP contribution in [0.15, 0.2) is 77.9 Å². The second-order valence-corrected chi connectivity index (χ2v) is 13.8. The van der Waals surface area contributed by atoms with Crippen molar-refractivity contribution in [3.63, 3.8) is 0 Å². The van der Waals surface area contributed by atoms with E-state index in [1.165, 1.54) is 12.4 Å². The molecule has 2 aromatic heterocycles. The fraction of sp³-hybridized carbons (Fsp3) is 0.0870. The number of benzene rings is 2. The largest absolute Gasteiger partial charge is 1.00 e. The van der Waals surface area contributed by atoms with Crippen LogP contribution in [0.2, 0.25) is 5.15 Å². The number of rotatable bonds is 6. The summed E-state index contributed by atoms with van der Waals surface area (Å²) in [6.45, 7) is 0.753. The van der Waals surface area contributed by atoms with Crippen molar-refractivity contribution in [2.45, 2.75) is 13.2 Å². The van der Waals surface area contributed by atoms with Gasteiger partial charge in [0, 0.05) is 0 Å². The maximum atomic E-state index is 11.4. The molecule has 4 rings (SSSR count). The van der Waals surface area contributed by atoms with Gasteiger partial charge in [0.15, 0.2) is 16.9 Å². The van der Waals surface area contributed by atoms with Gasteiger partial charge in [-0.15, -0.1) is 0 Å². The van der Waals surface area contributed by atoms with Gasteiger partial charge >= 0.3 is 5.20 Å². The quantitative estimate of drug-likeness (QED) is 0.0988. The van der Waals surface area contributed by atoms with E-state index in [1.54, 1.807) is 0 Å². The van der Waals surface area contributed by atoms with E-state index in [0.29, 0.717) is 19.0 Å². The summed E-state index contributed by atoms with van der Waals surface area (Å²) in [6, 6.07) is 19.3. The molecule has 10 nitrogen and oxygen atoms in total. The molecule has 2 heterocycles. The molecule has 4 radical (unpaired) electrons. The zero-order chi connectivity index (χ0) is 27.3. The lowest BCUT2D eigenvalue weighted by Gasteiger charge is -2.06. The van der Waals surface area contributed by atoms with Crippen molar-refractivity contribution in [1.82, 2.24) is 19.9 Å². The van der Waals surface area contributed by atoms with Crippen LogP contribution in [0, 0.1) is 7.43 Å². The van der Waals surface area contributed by atoms with Gasteiger partial charge in [0.05, 0.1) is 12.4 Å². The third kappa shape index (κ3) is 15.9. The lowest BCUT2D eigenvalue weighted by Crippen LogP contribution is -2.14. The summed E-state index contributed by atoms with van der Waals surface area (Å²) in [5, 5.41) is -3.00. The van der Waals surface area contributed by atoms with E-state index in [9.17, 15) is 9.36 Å². The molecule has 208 valence electrons. The van der Waals surface area contributed by atoms with Gasteiger partial charge in [0.25, 0.3) is 5.56 Å². The van der Waals surface area contributed by atoms with Crippen molar-refractivity contribution in [1.29, 1.82) is 0 Å². The predicted octanol–water partition coefficient (Wildman–Crippen LogP) is 6.10. The SMILES string of the molecule is Nc1ncc(OCc2ccccc2)c(=O)[nH]1.Nc1ncc(OCc2ccccc2)c(Cl)n1.O=P(Cl)(Cl)Cl.[B-].[CH3-]. The normalized spacial score (nSPS) is 9.74. The highest BCUT2D eigenvalue weighted by atomic mass is 36.0. The number of halogens is 4. The number of anilines is 2. The van der Waals surface area contributed by atoms with Crippen LogP contribution in [0.1, 0.15) is 11.1 Å². The highest BCUT2D eigenvalue weighted by molar-refractivity contribution is 8.24. The minimum atomic E-state index is -3.22. The first kappa shape index (κ1) is 36.1. The third-order valence-corrected chi connectivity index (χ3v) is 4.26. The summed E-state index contributed by atoms with van der Waals surface area (Å²) in [5.74, 6) is 0.812. The second-order valence-electron chi connectivity index (χ2n) is 6.79. The number of nitrogens with two attached hydrogens (primary N) is 2. The number of hydrogen-bond donors (Lipinski definition) is 3. The van der Waals surface area contributed by atoms with E-state index in [0.717, 1.165) is 11.1 Å². The van der Waals surface area contributed by atoms with Gasteiger partial charge in [-0.25, -0.2) is 9.97 Å². The van der Waals surface area contributed by atoms with Crippen LogP contribution in [-0.2, 0) is 17.8 Å². The van der Waals surface area contributed by atoms with Gasteiger partial charge in [-0.2, -0.15) is 4.98 Å². The molecule has 0 bridgehead atoms. The molecule has 0 saturated heterocycles. The Labute approximate surface area is 247 Å². The average molecular weight is 632 g/mol. The Morgan fingerprint density at radius 1 is 0.821 bits per heavy atom. The Kier molecular flexibility index (Phi) is 17.0. The van der Waals surface area contributed by atoms with Crippen LogP contribution in [0.5, 0.6) is 11.5 Å². The zero-order valence-electron chi connectivity index (χ0n) is 20.5. The third-order valence-electron chi connectivity index (χ3n) is 3.99. The molecular formula is C23H24BCl4N6O4P-2. The van der Waals surface area contributed by atoms with Crippen molar-refractivity contribution >= 4 is 70.8 Å². The molecule has 16 heteroatoms. The number of nitrogens with zero attached hydrogens (tertiary/aromatic N) is 3. The highest BCUT2D eigenvalue weighted by Crippen LogP contribution is 2.61. The first-order chi connectivity index (χ1) is 17.5. The average Bonchev–Trinajstić information content (AvgIpc) is 2.84. The molecule has 0 fully saturated rings. The van der Waals surface area contributed by atoms with E-state index in [1.807, 2.05) is 60.7 Å². The number of ether oxygens (including phenoxy) is 2. The van der Waals surface area contributed by atoms with Crippen LogP contribution >= 0.6 is 50.5 Å². The maximum absolute atomic E-state index is 11.4. The minimum Gasteiger partial charge on any atom is -1.00 e. The summed E-state index contributed by atoms with van der Waals surface area (Å²) in [5.41, 5.74) is 12.3. The summed E-state index contributed by atoms with van der Waals surface area (Å²) in [7, 11) is 0. The molecule has 0 unspecified atom stereocenters. The van der Waals surface area contributed by atoms with Crippen molar-refractivity contribution in [3.05, 3.63) is 107 Å². The summed E-state index contributed by atoms with van der Waals surface area (Å²) in [4.78, 5) is 25.1. The number of aromatic nitrogens is 4. The molecule has 2 aromatic carbocycles. The molecule has 0 saturated carbocycles. The molecule has 0 amide bonds. The molecule has 0 atom stereocenters. The lowest BCUT2D eigenvalue weighted by molar-refractivity contribution is 0.300. The molecule has 39 heavy (non-hydrogen) atoms. The number of nitrogens with one attached hydrogen (secondary N) is 1. The molecule has 5 N–H and O–H groups in total. The monoisotopic (exact) mass is 630 g/mol. The first-order valence-electron chi connectivity index (χ1n) is 10.2. The number of H-pyrrole nitrogens is 1. The Hall–Kier alpha value is -2.95. The van der Waals surface area contributed by atoms with Gasteiger partial charge < -0.3 is 36.8 Å². The molecule has 4 aromatic rings. The number of nitrogen functional groups attached to an aromatic ring is 2. The second kappa shape index (κ2) is 18.4. The van der Waals surface area contributed by atoms with E-state index >= 15 is 0 Å². The Morgan fingerprint density at radius 3 is 1.69 bits per heavy atom. The smallest absolute Gasteiger partial charge is 0.339 e. The zero-order valence-corrected chi connectivity index (χ0v) is 24.4. The summed E-state index contributed by atoms with van der Waals surface area (Å²) < 4.78 is 20.3. The van der Waals surface area contributed by atoms with Crippen LogP contribution in [0.3, 0.4) is 0 Å². The topological polar surface area (TPSA) is 159 Å². The summed E-state index contributed by atoms with van der Waals surface area (Å²) >= 11 is 19.7. The van der Waals surface area contributed by atoms with Gasteiger partial charge in [-0.3, -0.25) is 14.3 Å². The van der Waals surface area contributed by atoms with Gasteiger partial charge in [-0.1, -0.05) is 72.3 Å². The predicted molar refractivity (Wildman–Crippen MR) is 160 cm³/mol. The van der Waals surface area contributed by atoms with Crippen molar-refractivity contribution in [3.8, 4) is 11.5 Å². The fourth-order valence-electron chi connectivity index (χ4n) is 2.43. The van der Waals surface area contributed by atoms with Crippen LogP contribution in [0.4, 0.5) is 11.9 Å². The van der Waals surface area contributed by atoms with Crippen LogP contribution < -0.4 is 26.5 Å². The minimum absolute atomic E-state index is 0. The first-order valence-corrected chi connectivity index (χ1v) is 15.0. The number of hydrogen-bond acceptors (Lipinski definition) is 9. The fourth-order valence-corrected chi connectivity index (χ4v) is 2.62. The maximum Gasteiger partial charge on any atom is 0.339 e. The Balaban J connectivity index is 0.000000606. The van der Waals surface area contributed by atoms with Gasteiger partial charge in [0.2, 0.25) is 11.7 Å². The van der Waals surface area contributed by atoms with E-state index < -0.39 is 5.20 Å². The van der Waals surface area contributed by atoms with E-state index in [2.05, 4.69) is 53.7 Å². The standard InChI is InChI=1S/C11H10ClN3O.C11H11N3O2.CH3.B.Cl3OP/c12-10-9(6-14-11(13)15-10)16-7-8-4-2-1-3-5-8;12-11-13-6-9(10(15)14-11)16-7-8-4-2-1-3-5-8;;;1-5(2,3)4/h1-6H,7H2,(H2,13,14,15);1-6H,7H2,(H3,12,13,14,15);1H3;;/q;;2*-1;. The molecule has 0 aliphatic carbocycles. The molecule has 0 aliphatic heterocycles. The molecule has 0 aliphatic rings. The molecule has 0 spiro atoms. The Bertz CT molecular complexity index is 1360. The van der Waals surface area contributed by atoms with Gasteiger partial charge in [-0.05, 0) is 44.8 Å². The van der Waals surface area contributed by atoms with E-state index in [4.69, 9.17) is 32.5 Å². The lowest BCUT2D eigenvalue weighted by atomic mass is 10.2. The van der Waals surface area contributed by atoms with Crippen molar-refractivity contribution < 1.29 is 14.0 Å². The van der Waals surface area contributed by atoms with Crippen LogP contribution in [-0.4, -0.2) is 28.3 Å². The number of aromatic amines is 1. The van der Waals surface area contributed by atoms with Crippen molar-refractivity contribution in [2.75, 3.05) is 11.5 Å². The Morgan fingerprint density at radius 2 is 1.26 bits per heavy atom. The van der Waals surface area contributed by atoms with E-state index in [-0.39, 0.29) is 44.2 Å². The van der Waals surface area contributed by atoms with Crippen LogP contribution in [0.25, 0.3) is 0 Å². The molecular weight excluding hydrogens is 608 g/mol.